The van der Waals surface area contributed by atoms with Crippen LogP contribution in [-0.4, -0.2) is 49.6 Å². The molecule has 1 aromatic heterocycles. The Balaban J connectivity index is 1.94. The molecule has 0 atom stereocenters. The quantitative estimate of drug-likeness (QED) is 0.519. The van der Waals surface area contributed by atoms with Crippen molar-refractivity contribution < 1.29 is 33.3 Å². The van der Waals surface area contributed by atoms with E-state index >= 15 is 0 Å². The molecule has 0 unspecified atom stereocenters. The lowest BCUT2D eigenvalue weighted by atomic mass is 10.1. The fourth-order valence-corrected chi connectivity index (χ4v) is 2.66. The van der Waals surface area contributed by atoms with E-state index < -0.39 is 24.3 Å². The highest BCUT2D eigenvalue weighted by atomic mass is 16.6. The van der Waals surface area contributed by atoms with Gasteiger partial charge in [0, 0.05) is 11.4 Å². The van der Waals surface area contributed by atoms with Crippen LogP contribution in [0.25, 0.3) is 0 Å². The van der Waals surface area contributed by atoms with Gasteiger partial charge in [0.2, 0.25) is 5.78 Å². The lowest BCUT2D eigenvalue weighted by Gasteiger charge is -2.08. The standard InChI is InChI=1S/C20H23NO7/c1-5-26-20(24)19-13(3)21-12(2)18(19)16(22)10-28-17(23)11-27-15-8-6-14(25-4)7-9-15/h6-9,21H,5,10-11H2,1-4H3. The molecule has 8 nitrogen and oxygen atoms in total. The molecule has 0 aliphatic rings. The Morgan fingerprint density at radius 3 is 2.11 bits per heavy atom. The zero-order chi connectivity index (χ0) is 20.7. The molecule has 1 aromatic carbocycles. The van der Waals surface area contributed by atoms with Gasteiger partial charge in [-0.2, -0.15) is 0 Å². The van der Waals surface area contributed by atoms with E-state index in [0.717, 1.165) is 0 Å². The number of aromatic amines is 1. The molecule has 0 radical (unpaired) electrons. The monoisotopic (exact) mass is 389 g/mol. The smallest absolute Gasteiger partial charge is 0.344 e. The second-order valence-electron chi connectivity index (χ2n) is 5.89. The summed E-state index contributed by atoms with van der Waals surface area (Å²) in [5.41, 5.74) is 1.36. The number of Topliss-reactive ketones (excluding diaryl/α,β-unsaturated/α-hetero) is 1. The van der Waals surface area contributed by atoms with Crippen molar-refractivity contribution in [3.05, 3.63) is 46.8 Å². The van der Waals surface area contributed by atoms with Crippen molar-refractivity contribution in [2.45, 2.75) is 20.8 Å². The molecule has 0 saturated heterocycles. The van der Waals surface area contributed by atoms with Crippen molar-refractivity contribution in [3.8, 4) is 11.5 Å². The molecule has 0 amide bonds. The van der Waals surface area contributed by atoms with E-state index in [1.54, 1.807) is 52.1 Å². The van der Waals surface area contributed by atoms with Crippen molar-refractivity contribution >= 4 is 17.7 Å². The Morgan fingerprint density at radius 1 is 0.893 bits per heavy atom. The van der Waals surface area contributed by atoms with E-state index in [9.17, 15) is 14.4 Å². The van der Waals surface area contributed by atoms with Crippen LogP contribution in [-0.2, 0) is 14.3 Å². The van der Waals surface area contributed by atoms with Gasteiger partial charge in [0.1, 0.15) is 11.5 Å². The number of aromatic nitrogens is 1. The Labute approximate surface area is 162 Å². The maximum absolute atomic E-state index is 12.5. The number of hydrogen-bond donors (Lipinski definition) is 1. The summed E-state index contributed by atoms with van der Waals surface area (Å²) in [7, 11) is 1.55. The van der Waals surface area contributed by atoms with Crippen LogP contribution < -0.4 is 9.47 Å². The van der Waals surface area contributed by atoms with E-state index in [2.05, 4.69) is 4.98 Å². The molecular weight excluding hydrogens is 366 g/mol. The van der Waals surface area contributed by atoms with Crippen LogP contribution in [0.4, 0.5) is 0 Å². The van der Waals surface area contributed by atoms with Crippen LogP contribution in [0.1, 0.15) is 39.0 Å². The van der Waals surface area contributed by atoms with Gasteiger partial charge in [-0.25, -0.2) is 9.59 Å². The summed E-state index contributed by atoms with van der Waals surface area (Å²) in [6.45, 7) is 4.35. The number of aryl methyl sites for hydroxylation is 2. The van der Waals surface area contributed by atoms with Crippen molar-refractivity contribution in [2.75, 3.05) is 26.9 Å². The first-order chi connectivity index (χ1) is 13.4. The molecule has 0 fully saturated rings. The normalized spacial score (nSPS) is 10.3. The minimum absolute atomic E-state index is 0.162. The summed E-state index contributed by atoms with van der Waals surface area (Å²) >= 11 is 0. The van der Waals surface area contributed by atoms with E-state index in [0.29, 0.717) is 22.9 Å². The summed E-state index contributed by atoms with van der Waals surface area (Å²) in [5, 5.41) is 0. The number of rotatable bonds is 9. The number of carbonyl (C=O) groups is 3. The second-order valence-corrected chi connectivity index (χ2v) is 5.89. The largest absolute Gasteiger partial charge is 0.497 e. The number of nitrogens with one attached hydrogen (secondary N) is 1. The molecule has 8 heteroatoms. The topological polar surface area (TPSA) is 104 Å². The number of H-pyrrole nitrogens is 1. The first-order valence-corrected chi connectivity index (χ1v) is 8.69. The van der Waals surface area contributed by atoms with E-state index in [-0.39, 0.29) is 24.3 Å². The van der Waals surface area contributed by atoms with Gasteiger partial charge >= 0.3 is 11.9 Å². The van der Waals surface area contributed by atoms with Crippen molar-refractivity contribution in [1.29, 1.82) is 0 Å². The third-order valence-electron chi connectivity index (χ3n) is 3.91. The van der Waals surface area contributed by atoms with Crippen LogP contribution in [0.2, 0.25) is 0 Å². The van der Waals surface area contributed by atoms with E-state index in [1.807, 2.05) is 0 Å². The fourth-order valence-electron chi connectivity index (χ4n) is 2.66. The SMILES string of the molecule is CCOC(=O)c1c(C)[nH]c(C)c1C(=O)COC(=O)COc1ccc(OC)cc1. The first kappa shape index (κ1) is 21.0. The second kappa shape index (κ2) is 9.59. The Kier molecular flexibility index (Phi) is 7.20. The summed E-state index contributed by atoms with van der Waals surface area (Å²) in [6.07, 6.45) is 0. The summed E-state index contributed by atoms with van der Waals surface area (Å²) in [5.74, 6) is -0.669. The number of ether oxygens (including phenoxy) is 4. The summed E-state index contributed by atoms with van der Waals surface area (Å²) in [4.78, 5) is 39.4. The molecule has 1 N–H and O–H groups in total. The molecule has 2 rings (SSSR count). The molecule has 2 aromatic rings. The van der Waals surface area contributed by atoms with Gasteiger partial charge in [-0.15, -0.1) is 0 Å². The maximum atomic E-state index is 12.5. The predicted molar refractivity (Wildman–Crippen MR) is 100 cm³/mol. The molecule has 0 aliphatic heterocycles. The molecule has 0 saturated carbocycles. The minimum Gasteiger partial charge on any atom is -0.497 e. The predicted octanol–water partition coefficient (Wildman–Crippen LogP) is 2.62. The minimum atomic E-state index is -0.702. The third-order valence-corrected chi connectivity index (χ3v) is 3.91. The molecule has 150 valence electrons. The van der Waals surface area contributed by atoms with Gasteiger partial charge in [0.05, 0.1) is 24.8 Å². The number of ketones is 1. The highest BCUT2D eigenvalue weighted by molar-refractivity contribution is 6.09. The summed E-state index contributed by atoms with van der Waals surface area (Å²) in [6, 6.07) is 6.68. The van der Waals surface area contributed by atoms with Gasteiger partial charge in [0.25, 0.3) is 0 Å². The summed E-state index contributed by atoms with van der Waals surface area (Å²) < 4.78 is 20.3. The van der Waals surface area contributed by atoms with Gasteiger partial charge in [-0.3, -0.25) is 4.79 Å². The highest BCUT2D eigenvalue weighted by Crippen LogP contribution is 2.20. The van der Waals surface area contributed by atoms with Crippen molar-refractivity contribution in [3.63, 3.8) is 0 Å². The molecule has 0 aliphatic carbocycles. The first-order valence-electron chi connectivity index (χ1n) is 8.69. The number of carbonyl (C=O) groups excluding carboxylic acids is 3. The van der Waals surface area contributed by atoms with Crippen LogP contribution in [0.5, 0.6) is 11.5 Å². The van der Waals surface area contributed by atoms with Crippen LogP contribution >= 0.6 is 0 Å². The number of benzene rings is 1. The lowest BCUT2D eigenvalue weighted by molar-refractivity contribution is -0.144. The van der Waals surface area contributed by atoms with Crippen LogP contribution in [0.3, 0.4) is 0 Å². The van der Waals surface area contributed by atoms with Crippen molar-refractivity contribution in [1.82, 2.24) is 4.98 Å². The van der Waals surface area contributed by atoms with Gasteiger partial charge in [-0.1, -0.05) is 0 Å². The number of esters is 2. The van der Waals surface area contributed by atoms with Gasteiger partial charge in [-0.05, 0) is 45.0 Å². The Morgan fingerprint density at radius 2 is 1.50 bits per heavy atom. The van der Waals surface area contributed by atoms with E-state index in [4.69, 9.17) is 18.9 Å². The maximum Gasteiger partial charge on any atom is 0.344 e. The number of methoxy groups -OCH3 is 1. The third kappa shape index (κ3) is 5.12. The molecule has 1 heterocycles. The molecule has 28 heavy (non-hydrogen) atoms. The average molecular weight is 389 g/mol. The molecule has 0 bridgehead atoms. The fraction of sp³-hybridized carbons (Fsp3) is 0.350. The van der Waals surface area contributed by atoms with Gasteiger partial charge < -0.3 is 23.9 Å². The highest BCUT2D eigenvalue weighted by Gasteiger charge is 2.26. The van der Waals surface area contributed by atoms with E-state index in [1.165, 1.54) is 0 Å². The Bertz CT molecular complexity index is 852. The van der Waals surface area contributed by atoms with Crippen molar-refractivity contribution in [2.24, 2.45) is 0 Å². The average Bonchev–Trinajstić information content (AvgIpc) is 2.99. The molecular formula is C20H23NO7. The zero-order valence-electron chi connectivity index (χ0n) is 16.3. The van der Waals surface area contributed by atoms with Crippen LogP contribution in [0, 0.1) is 13.8 Å². The number of hydrogen-bond acceptors (Lipinski definition) is 7. The van der Waals surface area contributed by atoms with Gasteiger partial charge in [0.15, 0.2) is 13.2 Å². The molecule has 0 spiro atoms. The van der Waals surface area contributed by atoms with Crippen LogP contribution in [0.15, 0.2) is 24.3 Å². The zero-order valence-corrected chi connectivity index (χ0v) is 16.3. The lowest BCUT2D eigenvalue weighted by Crippen LogP contribution is -2.21. The Hall–Kier alpha value is -3.29.